The molecule has 0 aliphatic heterocycles. The van der Waals surface area contributed by atoms with Gasteiger partial charge >= 0.3 is 12.2 Å². The van der Waals surface area contributed by atoms with Gasteiger partial charge in [-0.25, -0.2) is 9.59 Å². The molecule has 0 bridgehead atoms. The minimum Gasteiger partial charge on any atom is -0.756 e. The number of hydrogen-bond donors (Lipinski definition) is 3. The van der Waals surface area contributed by atoms with E-state index in [0.717, 1.165) is 13.5 Å². The number of methoxy groups -OCH3 is 2. The van der Waals surface area contributed by atoms with Crippen LogP contribution < -0.4 is 20.8 Å². The zero-order valence-corrected chi connectivity index (χ0v) is 26.0. The van der Waals surface area contributed by atoms with Gasteiger partial charge in [0.05, 0.1) is 46.2 Å². The molecule has 0 heterocycles. The number of phosphoric acid groups is 1. The van der Waals surface area contributed by atoms with E-state index in [1.807, 2.05) is 0 Å². The molecule has 0 saturated heterocycles. The number of hydrogen-bond acceptors (Lipinski definition) is 13. The minimum absolute atomic E-state index is 0. The molecule has 16 nitrogen and oxygen atoms in total. The molecule has 0 saturated carbocycles. The summed E-state index contributed by atoms with van der Waals surface area (Å²) in [5, 5.41) is 8.01. The summed E-state index contributed by atoms with van der Waals surface area (Å²) in [6, 6.07) is -0.836. The van der Waals surface area contributed by atoms with Crippen LogP contribution in [0, 0.1) is 0 Å². The summed E-state index contributed by atoms with van der Waals surface area (Å²) < 4.78 is 50.3. The van der Waals surface area contributed by atoms with Crippen molar-refractivity contribution in [3.05, 3.63) is 0 Å². The second-order valence-electron chi connectivity index (χ2n) is 8.77. The van der Waals surface area contributed by atoms with E-state index in [0.29, 0.717) is 78.0 Å². The van der Waals surface area contributed by atoms with Gasteiger partial charge in [0.25, 0.3) is 7.82 Å². The number of rotatable bonds is 28. The molecule has 43 heavy (non-hydrogen) atoms. The standard InChI is InChI=1S/C25H50N3O13P.CH4/c1-34-14-16-37-18-20-39-24(30)27-12-8-6-10-22(28-25(31)40-21-19-38-17-15-35-2)23(29)26-11-7-4-5-9-13-41-42(32,33)36-3;/h22H,4-21H2,1-3H3,(H,26,29)(H,27,30)(H,28,31)(H,32,33);1H4/p-1. The van der Waals surface area contributed by atoms with Gasteiger partial charge in [0.1, 0.15) is 19.3 Å². The lowest BCUT2D eigenvalue weighted by molar-refractivity contribution is -0.223. The third-order valence-corrected chi connectivity index (χ3v) is 6.37. The van der Waals surface area contributed by atoms with Gasteiger partial charge in [-0.2, -0.15) is 0 Å². The van der Waals surface area contributed by atoms with Crippen molar-refractivity contribution in [1.82, 2.24) is 16.0 Å². The minimum atomic E-state index is -4.21. The van der Waals surface area contributed by atoms with Crippen LogP contribution in [0.25, 0.3) is 0 Å². The topological polar surface area (TPSA) is 201 Å². The third-order valence-electron chi connectivity index (χ3n) is 5.43. The number of amides is 3. The highest BCUT2D eigenvalue weighted by Gasteiger charge is 2.21. The number of phosphoric ester groups is 1. The Morgan fingerprint density at radius 3 is 1.81 bits per heavy atom. The van der Waals surface area contributed by atoms with E-state index in [1.54, 1.807) is 14.2 Å². The number of unbranched alkanes of at least 4 members (excludes halogenated alkanes) is 4. The van der Waals surface area contributed by atoms with Crippen LogP contribution in [0.1, 0.15) is 52.4 Å². The lowest BCUT2D eigenvalue weighted by Crippen LogP contribution is -2.47. The largest absolute Gasteiger partial charge is 0.756 e. The van der Waals surface area contributed by atoms with E-state index in [4.69, 9.17) is 28.4 Å². The number of alkyl carbamates (subject to hydrolysis) is 2. The Morgan fingerprint density at radius 1 is 0.674 bits per heavy atom. The number of carbonyl (C=O) groups excluding carboxylic acids is 3. The molecule has 0 aromatic heterocycles. The molecule has 0 rings (SSSR count). The van der Waals surface area contributed by atoms with Crippen LogP contribution in [0.15, 0.2) is 0 Å². The van der Waals surface area contributed by atoms with Crippen molar-refractivity contribution in [3.8, 4) is 0 Å². The van der Waals surface area contributed by atoms with E-state index < -0.39 is 26.1 Å². The number of carbonyl (C=O) groups is 3. The van der Waals surface area contributed by atoms with Crippen molar-refractivity contribution in [2.24, 2.45) is 0 Å². The Balaban J connectivity index is 0. The average molecular weight is 647 g/mol. The van der Waals surface area contributed by atoms with Gasteiger partial charge in [-0.1, -0.05) is 20.3 Å². The van der Waals surface area contributed by atoms with Gasteiger partial charge in [0, 0.05) is 34.4 Å². The van der Waals surface area contributed by atoms with Crippen molar-refractivity contribution in [1.29, 1.82) is 0 Å². The van der Waals surface area contributed by atoms with E-state index >= 15 is 0 Å². The fourth-order valence-corrected chi connectivity index (χ4v) is 3.65. The van der Waals surface area contributed by atoms with E-state index in [9.17, 15) is 23.8 Å². The summed E-state index contributed by atoms with van der Waals surface area (Å²) in [6.07, 6.45) is 2.72. The molecule has 17 heteroatoms. The average Bonchev–Trinajstić information content (AvgIpc) is 2.97. The SMILES string of the molecule is C.COCCOCCOC(=O)NCCCCC(NC(=O)OCCOCCOC)C(=O)NCCCCCCOP(=O)([O-])OC. The molecule has 2 unspecified atom stereocenters. The fourth-order valence-electron chi connectivity index (χ4n) is 3.19. The zero-order chi connectivity index (χ0) is 31.3. The maximum atomic E-state index is 12.8. The third kappa shape index (κ3) is 28.5. The van der Waals surface area contributed by atoms with Gasteiger partial charge in [0.15, 0.2) is 0 Å². The highest BCUT2D eigenvalue weighted by Crippen LogP contribution is 2.36. The van der Waals surface area contributed by atoms with Crippen LogP contribution in [-0.2, 0) is 46.8 Å². The molecule has 0 spiro atoms. The first-order valence-electron chi connectivity index (χ1n) is 14.0. The maximum Gasteiger partial charge on any atom is 0.407 e. The lowest BCUT2D eigenvalue weighted by Gasteiger charge is -2.20. The van der Waals surface area contributed by atoms with Crippen molar-refractivity contribution < 1.29 is 61.3 Å². The van der Waals surface area contributed by atoms with Crippen molar-refractivity contribution in [2.75, 3.05) is 93.9 Å². The first-order valence-corrected chi connectivity index (χ1v) is 15.5. The van der Waals surface area contributed by atoms with E-state index in [-0.39, 0.29) is 46.4 Å². The molecular formula is C26H53N3O13P-. The Labute approximate surface area is 255 Å². The van der Waals surface area contributed by atoms with Crippen LogP contribution in [0.3, 0.4) is 0 Å². The monoisotopic (exact) mass is 646 g/mol. The molecule has 256 valence electrons. The smallest absolute Gasteiger partial charge is 0.407 e. The van der Waals surface area contributed by atoms with Crippen LogP contribution >= 0.6 is 7.82 Å². The Bertz CT molecular complexity index is 749. The molecule has 0 aromatic carbocycles. The van der Waals surface area contributed by atoms with Crippen LogP contribution in [-0.4, -0.2) is 118 Å². The predicted octanol–water partition coefficient (Wildman–Crippen LogP) is 1.75. The summed E-state index contributed by atoms with van der Waals surface area (Å²) in [6.45, 7) is 3.00. The normalized spacial score (nSPS) is 12.8. The first-order chi connectivity index (χ1) is 20.3. The summed E-state index contributed by atoms with van der Waals surface area (Å²) in [5.74, 6) is -0.361. The van der Waals surface area contributed by atoms with E-state index in [1.165, 1.54) is 0 Å². The highest BCUT2D eigenvalue weighted by molar-refractivity contribution is 7.45. The van der Waals surface area contributed by atoms with Crippen LogP contribution in [0.4, 0.5) is 9.59 Å². The molecule has 2 atom stereocenters. The predicted molar refractivity (Wildman–Crippen MR) is 156 cm³/mol. The number of ether oxygens (including phenoxy) is 6. The van der Waals surface area contributed by atoms with Gasteiger partial charge in [-0.15, -0.1) is 0 Å². The molecule has 0 aliphatic rings. The Kier molecular flexibility index (Phi) is 30.1. The summed E-state index contributed by atoms with van der Waals surface area (Å²) in [7, 11) is -0.0554. The first kappa shape index (κ1) is 43.1. The molecule has 3 N–H and O–H groups in total. The second-order valence-corrected chi connectivity index (χ2v) is 10.3. The zero-order valence-electron chi connectivity index (χ0n) is 25.1. The summed E-state index contributed by atoms with van der Waals surface area (Å²) in [4.78, 5) is 47.9. The highest BCUT2D eigenvalue weighted by atomic mass is 31.2. The fraction of sp³-hybridized carbons (Fsp3) is 0.885. The number of nitrogens with one attached hydrogen (secondary N) is 3. The maximum absolute atomic E-state index is 12.8. The molecule has 0 aromatic rings. The molecule has 3 amide bonds. The van der Waals surface area contributed by atoms with Gasteiger partial charge in [-0.3, -0.25) is 9.36 Å². The van der Waals surface area contributed by atoms with Gasteiger partial charge in [-0.05, 0) is 32.1 Å². The Hall–Kier alpha value is -2.04. The van der Waals surface area contributed by atoms with Crippen molar-refractivity contribution >= 4 is 25.9 Å². The van der Waals surface area contributed by atoms with Crippen LogP contribution in [0.2, 0.25) is 0 Å². The molecule has 0 radical (unpaired) electrons. The summed E-state index contributed by atoms with van der Waals surface area (Å²) >= 11 is 0. The Morgan fingerprint density at radius 2 is 1.21 bits per heavy atom. The quantitative estimate of drug-likeness (QED) is 0.0821. The van der Waals surface area contributed by atoms with E-state index in [2.05, 4.69) is 25.0 Å². The summed E-state index contributed by atoms with van der Waals surface area (Å²) in [5.41, 5.74) is 0. The lowest BCUT2D eigenvalue weighted by atomic mass is 10.1. The second kappa shape index (κ2) is 30.0. The van der Waals surface area contributed by atoms with Crippen molar-refractivity contribution in [3.63, 3.8) is 0 Å². The molecular weight excluding hydrogens is 593 g/mol. The van der Waals surface area contributed by atoms with Crippen molar-refractivity contribution in [2.45, 2.75) is 58.4 Å². The molecule has 0 aliphatic carbocycles. The van der Waals surface area contributed by atoms with Crippen LogP contribution in [0.5, 0.6) is 0 Å². The van der Waals surface area contributed by atoms with Gasteiger partial charge < -0.3 is 58.3 Å². The molecule has 0 fully saturated rings. The van der Waals surface area contributed by atoms with Gasteiger partial charge in [0.2, 0.25) is 5.91 Å².